The molecular formula is C18H14N2O3S. The summed E-state index contributed by atoms with van der Waals surface area (Å²) in [7, 11) is 0. The van der Waals surface area contributed by atoms with E-state index in [0.717, 1.165) is 5.00 Å². The lowest BCUT2D eigenvalue weighted by molar-refractivity contribution is 0.0698. The maximum absolute atomic E-state index is 12.6. The molecule has 0 aliphatic rings. The number of rotatable bonds is 5. The number of thiophene rings is 1. The van der Waals surface area contributed by atoms with E-state index in [1.807, 2.05) is 23.6 Å². The van der Waals surface area contributed by atoms with E-state index in [1.165, 1.54) is 17.4 Å². The molecule has 6 heteroatoms. The molecule has 24 heavy (non-hydrogen) atoms. The first-order chi connectivity index (χ1) is 11.6. The van der Waals surface area contributed by atoms with Crippen LogP contribution in [-0.2, 0) is 0 Å². The highest BCUT2D eigenvalue weighted by Gasteiger charge is 2.15. The Balaban J connectivity index is 1.87. The van der Waals surface area contributed by atoms with Crippen molar-refractivity contribution in [3.63, 3.8) is 0 Å². The first-order valence-corrected chi connectivity index (χ1v) is 8.06. The molecule has 0 aliphatic carbocycles. The third kappa shape index (κ3) is 3.44. The Labute approximate surface area is 142 Å². The minimum atomic E-state index is -1.09. The number of nitrogens with one attached hydrogen (secondary N) is 2. The molecular weight excluding hydrogens is 324 g/mol. The van der Waals surface area contributed by atoms with E-state index in [1.54, 1.807) is 36.4 Å². The topological polar surface area (TPSA) is 78.4 Å². The van der Waals surface area contributed by atoms with Crippen LogP contribution in [0, 0.1) is 0 Å². The van der Waals surface area contributed by atoms with Crippen LogP contribution in [0.5, 0.6) is 0 Å². The second kappa shape index (κ2) is 6.97. The van der Waals surface area contributed by atoms with Crippen molar-refractivity contribution in [3.8, 4) is 0 Å². The van der Waals surface area contributed by atoms with Gasteiger partial charge in [0.1, 0.15) is 0 Å². The van der Waals surface area contributed by atoms with Gasteiger partial charge in [0.25, 0.3) is 5.91 Å². The van der Waals surface area contributed by atoms with Crippen LogP contribution in [0.1, 0.15) is 20.7 Å². The normalized spacial score (nSPS) is 10.2. The zero-order valence-corrected chi connectivity index (χ0v) is 13.3. The van der Waals surface area contributed by atoms with E-state index >= 15 is 0 Å². The number of carbonyl (C=O) groups excluding carboxylic acids is 1. The van der Waals surface area contributed by atoms with Crippen molar-refractivity contribution in [2.24, 2.45) is 0 Å². The van der Waals surface area contributed by atoms with Crippen molar-refractivity contribution in [2.75, 3.05) is 10.6 Å². The highest BCUT2D eigenvalue weighted by molar-refractivity contribution is 7.14. The zero-order valence-electron chi connectivity index (χ0n) is 12.5. The third-order valence-electron chi connectivity index (χ3n) is 3.36. The van der Waals surface area contributed by atoms with Gasteiger partial charge in [-0.15, -0.1) is 11.3 Å². The highest BCUT2D eigenvalue weighted by Crippen LogP contribution is 2.25. The van der Waals surface area contributed by atoms with Crippen molar-refractivity contribution in [2.45, 2.75) is 0 Å². The summed E-state index contributed by atoms with van der Waals surface area (Å²) in [5.41, 5.74) is 1.41. The molecule has 0 spiro atoms. The van der Waals surface area contributed by atoms with Crippen LogP contribution in [-0.4, -0.2) is 17.0 Å². The van der Waals surface area contributed by atoms with Gasteiger partial charge in [0.05, 0.1) is 27.5 Å². The molecule has 0 atom stereocenters. The lowest BCUT2D eigenvalue weighted by atomic mass is 10.1. The molecule has 120 valence electrons. The summed E-state index contributed by atoms with van der Waals surface area (Å²) < 4.78 is 0. The Morgan fingerprint density at radius 3 is 2.17 bits per heavy atom. The summed E-state index contributed by atoms with van der Waals surface area (Å²) in [5, 5.41) is 17.9. The van der Waals surface area contributed by atoms with Gasteiger partial charge in [-0.25, -0.2) is 4.79 Å². The summed E-state index contributed by atoms with van der Waals surface area (Å²) in [5.74, 6) is -1.46. The molecule has 0 saturated heterocycles. The number of anilines is 3. The van der Waals surface area contributed by atoms with Gasteiger partial charge in [-0.3, -0.25) is 4.79 Å². The first kappa shape index (κ1) is 15.8. The van der Waals surface area contributed by atoms with E-state index in [9.17, 15) is 14.7 Å². The Morgan fingerprint density at radius 2 is 1.50 bits per heavy atom. The largest absolute Gasteiger partial charge is 0.478 e. The molecule has 1 aromatic heterocycles. The second-order valence-electron chi connectivity index (χ2n) is 4.95. The van der Waals surface area contributed by atoms with E-state index in [2.05, 4.69) is 10.6 Å². The predicted molar refractivity (Wildman–Crippen MR) is 95.4 cm³/mol. The number of benzene rings is 2. The van der Waals surface area contributed by atoms with Crippen LogP contribution < -0.4 is 10.6 Å². The van der Waals surface area contributed by atoms with Gasteiger partial charge in [0.2, 0.25) is 0 Å². The summed E-state index contributed by atoms with van der Waals surface area (Å²) in [4.78, 5) is 23.9. The lowest BCUT2D eigenvalue weighted by Gasteiger charge is -2.12. The van der Waals surface area contributed by atoms with Crippen LogP contribution in [0.3, 0.4) is 0 Å². The molecule has 0 aliphatic heterocycles. The molecule has 1 heterocycles. The standard InChI is InChI=1S/C18H14N2O3S/c21-17(20-15-9-4-2-7-13(15)18(22)23)12-6-1-3-8-14(12)19-16-10-5-11-24-16/h1-11,19H,(H,20,21)(H,22,23). The molecule has 5 nitrogen and oxygen atoms in total. The van der Waals surface area contributed by atoms with Gasteiger partial charge >= 0.3 is 5.97 Å². The number of carbonyl (C=O) groups is 2. The Bertz CT molecular complexity index is 875. The van der Waals surface area contributed by atoms with Crippen molar-refractivity contribution in [3.05, 3.63) is 77.2 Å². The third-order valence-corrected chi connectivity index (χ3v) is 4.14. The molecule has 3 aromatic rings. The first-order valence-electron chi connectivity index (χ1n) is 7.18. The quantitative estimate of drug-likeness (QED) is 0.642. The second-order valence-corrected chi connectivity index (χ2v) is 5.90. The number of hydrogen-bond acceptors (Lipinski definition) is 4. The molecule has 3 rings (SSSR count). The molecule has 0 unspecified atom stereocenters. The number of para-hydroxylation sites is 2. The van der Waals surface area contributed by atoms with Crippen molar-refractivity contribution < 1.29 is 14.7 Å². The van der Waals surface area contributed by atoms with Gasteiger partial charge in [-0.1, -0.05) is 24.3 Å². The molecule has 2 aromatic carbocycles. The number of hydrogen-bond donors (Lipinski definition) is 3. The minimum absolute atomic E-state index is 0.0505. The fourth-order valence-corrected chi connectivity index (χ4v) is 2.87. The van der Waals surface area contributed by atoms with Gasteiger partial charge < -0.3 is 15.7 Å². The molecule has 0 saturated carbocycles. The number of carboxylic acids is 1. The fourth-order valence-electron chi connectivity index (χ4n) is 2.24. The van der Waals surface area contributed by atoms with Crippen LogP contribution >= 0.6 is 11.3 Å². The van der Waals surface area contributed by atoms with Crippen LogP contribution in [0.4, 0.5) is 16.4 Å². The molecule has 1 amide bonds. The summed E-state index contributed by atoms with van der Waals surface area (Å²) in [6, 6.07) is 17.2. The van der Waals surface area contributed by atoms with Crippen molar-refractivity contribution >= 4 is 39.6 Å². The monoisotopic (exact) mass is 338 g/mol. The van der Waals surface area contributed by atoms with Crippen LogP contribution in [0.15, 0.2) is 66.0 Å². The lowest BCUT2D eigenvalue weighted by Crippen LogP contribution is -2.16. The summed E-state index contributed by atoms with van der Waals surface area (Å²) >= 11 is 1.53. The van der Waals surface area contributed by atoms with E-state index in [0.29, 0.717) is 11.3 Å². The SMILES string of the molecule is O=C(O)c1ccccc1NC(=O)c1ccccc1Nc1cccs1. The van der Waals surface area contributed by atoms with E-state index < -0.39 is 5.97 Å². The zero-order chi connectivity index (χ0) is 16.9. The van der Waals surface area contributed by atoms with Crippen molar-refractivity contribution in [1.29, 1.82) is 0 Å². The maximum Gasteiger partial charge on any atom is 0.337 e. The molecule has 3 N–H and O–H groups in total. The highest BCUT2D eigenvalue weighted by atomic mass is 32.1. The predicted octanol–water partition coefficient (Wildman–Crippen LogP) is 4.44. The Hall–Kier alpha value is -3.12. The smallest absolute Gasteiger partial charge is 0.337 e. The van der Waals surface area contributed by atoms with Gasteiger partial charge in [0, 0.05) is 0 Å². The summed E-state index contributed by atoms with van der Waals surface area (Å²) in [6.07, 6.45) is 0. The summed E-state index contributed by atoms with van der Waals surface area (Å²) in [6.45, 7) is 0. The average Bonchev–Trinajstić information content (AvgIpc) is 3.08. The van der Waals surface area contributed by atoms with Gasteiger partial charge in [0.15, 0.2) is 0 Å². The van der Waals surface area contributed by atoms with Gasteiger partial charge in [-0.05, 0) is 41.8 Å². The minimum Gasteiger partial charge on any atom is -0.478 e. The number of amides is 1. The van der Waals surface area contributed by atoms with E-state index in [4.69, 9.17) is 0 Å². The van der Waals surface area contributed by atoms with Gasteiger partial charge in [-0.2, -0.15) is 0 Å². The van der Waals surface area contributed by atoms with Crippen LogP contribution in [0.2, 0.25) is 0 Å². The van der Waals surface area contributed by atoms with Crippen molar-refractivity contribution in [1.82, 2.24) is 0 Å². The number of aromatic carboxylic acids is 1. The Morgan fingerprint density at radius 1 is 0.833 bits per heavy atom. The maximum atomic E-state index is 12.6. The van der Waals surface area contributed by atoms with Crippen LogP contribution in [0.25, 0.3) is 0 Å². The molecule has 0 radical (unpaired) electrons. The van der Waals surface area contributed by atoms with E-state index in [-0.39, 0.29) is 17.2 Å². The number of carboxylic acid groups (broad SMARTS) is 1. The average molecular weight is 338 g/mol. The molecule has 0 bridgehead atoms. The fraction of sp³-hybridized carbons (Fsp3) is 0. The molecule has 0 fully saturated rings. The Kier molecular flexibility index (Phi) is 4.58.